The highest BCUT2D eigenvalue weighted by Gasteiger charge is 2.17. The number of amides is 1. The lowest BCUT2D eigenvalue weighted by Crippen LogP contribution is -2.32. The van der Waals surface area contributed by atoms with Gasteiger partial charge >= 0.3 is 0 Å². The third-order valence-electron chi connectivity index (χ3n) is 3.17. The highest BCUT2D eigenvalue weighted by molar-refractivity contribution is 7.99. The molecule has 2 rings (SSSR count). The third kappa shape index (κ3) is 4.42. The molecule has 0 unspecified atom stereocenters. The fourth-order valence-electron chi connectivity index (χ4n) is 2.07. The van der Waals surface area contributed by atoms with E-state index < -0.39 is 0 Å². The normalized spacial score (nSPS) is 15.8. The molecule has 0 bridgehead atoms. The molecule has 1 fully saturated rings. The van der Waals surface area contributed by atoms with Crippen LogP contribution in [0, 0.1) is 0 Å². The zero-order valence-corrected chi connectivity index (χ0v) is 12.7. The van der Waals surface area contributed by atoms with Gasteiger partial charge in [-0.3, -0.25) is 4.79 Å². The number of hydrogen-bond donors (Lipinski definition) is 0. The van der Waals surface area contributed by atoms with E-state index in [1.54, 1.807) is 7.11 Å². The maximum Gasteiger partial charge on any atom is 0.253 e. The van der Waals surface area contributed by atoms with Crippen LogP contribution in [0.1, 0.15) is 16.8 Å². The van der Waals surface area contributed by atoms with Crippen LogP contribution >= 0.6 is 11.8 Å². The van der Waals surface area contributed by atoms with E-state index in [1.165, 1.54) is 0 Å². The van der Waals surface area contributed by atoms with E-state index in [0.29, 0.717) is 13.2 Å². The Morgan fingerprint density at radius 1 is 1.20 bits per heavy atom. The van der Waals surface area contributed by atoms with E-state index >= 15 is 0 Å². The highest BCUT2D eigenvalue weighted by Crippen LogP contribution is 2.16. The number of hydrogen-bond acceptors (Lipinski definition) is 4. The smallest absolute Gasteiger partial charge is 0.253 e. The first-order chi connectivity index (χ1) is 9.81. The number of carbonyl (C=O) groups is 1. The minimum atomic E-state index is 0.121. The molecule has 5 heteroatoms. The number of thioether (sulfide) groups is 1. The molecular formula is C15H21NO3S. The van der Waals surface area contributed by atoms with E-state index in [2.05, 4.69) is 0 Å². The van der Waals surface area contributed by atoms with Gasteiger partial charge in [-0.15, -0.1) is 0 Å². The molecule has 0 atom stereocenters. The van der Waals surface area contributed by atoms with Gasteiger partial charge in [-0.2, -0.15) is 11.8 Å². The molecule has 0 saturated carbocycles. The Morgan fingerprint density at radius 2 is 2.00 bits per heavy atom. The monoisotopic (exact) mass is 295 g/mol. The topological polar surface area (TPSA) is 38.8 Å². The molecule has 110 valence electrons. The molecular weight excluding hydrogens is 274 g/mol. The Kier molecular flexibility index (Phi) is 6.21. The van der Waals surface area contributed by atoms with Crippen molar-refractivity contribution >= 4 is 17.7 Å². The summed E-state index contributed by atoms with van der Waals surface area (Å²) in [5, 5.41) is 0. The first-order valence-corrected chi connectivity index (χ1v) is 8.05. The van der Waals surface area contributed by atoms with Crippen LogP contribution in [0.3, 0.4) is 0 Å². The summed E-state index contributed by atoms with van der Waals surface area (Å²) in [6.45, 7) is 2.78. The van der Waals surface area contributed by atoms with Gasteiger partial charge in [0.2, 0.25) is 0 Å². The zero-order valence-electron chi connectivity index (χ0n) is 11.8. The van der Waals surface area contributed by atoms with Crippen LogP contribution in [0.2, 0.25) is 0 Å². The SMILES string of the molecule is COCCOc1ccc(C(=O)N2CCCSCC2)cc1. The maximum absolute atomic E-state index is 12.4. The molecule has 1 aromatic carbocycles. The molecule has 0 radical (unpaired) electrons. The quantitative estimate of drug-likeness (QED) is 0.781. The lowest BCUT2D eigenvalue weighted by Gasteiger charge is -2.20. The average Bonchev–Trinajstić information content (AvgIpc) is 2.77. The summed E-state index contributed by atoms with van der Waals surface area (Å²) in [6, 6.07) is 7.36. The number of nitrogens with zero attached hydrogens (tertiary/aromatic N) is 1. The van der Waals surface area contributed by atoms with E-state index in [0.717, 1.165) is 42.3 Å². The van der Waals surface area contributed by atoms with E-state index in [4.69, 9.17) is 9.47 Å². The van der Waals surface area contributed by atoms with Crippen LogP contribution in [0.4, 0.5) is 0 Å². The predicted octanol–water partition coefficient (Wildman–Crippen LogP) is 2.29. The second-order valence-corrected chi connectivity index (χ2v) is 5.85. The summed E-state index contributed by atoms with van der Waals surface area (Å²) in [4.78, 5) is 14.3. The fraction of sp³-hybridized carbons (Fsp3) is 0.533. The second kappa shape index (κ2) is 8.17. The molecule has 1 aromatic rings. The van der Waals surface area contributed by atoms with Crippen LogP contribution in [0.25, 0.3) is 0 Å². The Balaban J connectivity index is 1.92. The molecule has 1 aliphatic heterocycles. The largest absolute Gasteiger partial charge is 0.491 e. The van der Waals surface area contributed by atoms with E-state index in [1.807, 2.05) is 40.9 Å². The molecule has 0 aliphatic carbocycles. The van der Waals surface area contributed by atoms with Crippen molar-refractivity contribution in [2.24, 2.45) is 0 Å². The fourth-order valence-corrected chi connectivity index (χ4v) is 2.96. The molecule has 1 amide bonds. The molecule has 0 spiro atoms. The van der Waals surface area contributed by atoms with Gasteiger partial charge in [-0.25, -0.2) is 0 Å². The van der Waals surface area contributed by atoms with Crippen LogP contribution in [0.5, 0.6) is 5.75 Å². The van der Waals surface area contributed by atoms with Crippen molar-refractivity contribution in [3.05, 3.63) is 29.8 Å². The summed E-state index contributed by atoms with van der Waals surface area (Å²) in [5.41, 5.74) is 0.732. The van der Waals surface area contributed by atoms with E-state index in [9.17, 15) is 4.79 Å². The van der Waals surface area contributed by atoms with Crippen molar-refractivity contribution in [3.8, 4) is 5.75 Å². The lowest BCUT2D eigenvalue weighted by atomic mass is 10.2. The van der Waals surface area contributed by atoms with Gasteiger partial charge in [0.25, 0.3) is 5.91 Å². The van der Waals surface area contributed by atoms with Gasteiger partial charge in [0, 0.05) is 31.5 Å². The van der Waals surface area contributed by atoms with Gasteiger partial charge in [0.05, 0.1) is 6.61 Å². The first-order valence-electron chi connectivity index (χ1n) is 6.90. The predicted molar refractivity (Wildman–Crippen MR) is 81.7 cm³/mol. The molecule has 20 heavy (non-hydrogen) atoms. The van der Waals surface area contributed by atoms with Gasteiger partial charge < -0.3 is 14.4 Å². The van der Waals surface area contributed by atoms with Gasteiger partial charge in [0.1, 0.15) is 12.4 Å². The van der Waals surface area contributed by atoms with Crippen LogP contribution in [0.15, 0.2) is 24.3 Å². The highest BCUT2D eigenvalue weighted by atomic mass is 32.2. The second-order valence-electron chi connectivity index (χ2n) is 4.62. The molecule has 1 aliphatic rings. The van der Waals surface area contributed by atoms with Crippen molar-refractivity contribution in [1.29, 1.82) is 0 Å². The van der Waals surface area contributed by atoms with Gasteiger partial charge in [0.15, 0.2) is 0 Å². The zero-order chi connectivity index (χ0) is 14.2. The van der Waals surface area contributed by atoms with Crippen molar-refractivity contribution < 1.29 is 14.3 Å². The first kappa shape index (κ1) is 15.2. The number of carbonyl (C=O) groups excluding carboxylic acids is 1. The summed E-state index contributed by atoms with van der Waals surface area (Å²) in [7, 11) is 1.64. The third-order valence-corrected chi connectivity index (χ3v) is 4.22. The van der Waals surface area contributed by atoms with E-state index in [-0.39, 0.29) is 5.91 Å². The lowest BCUT2D eigenvalue weighted by molar-refractivity contribution is 0.0768. The van der Waals surface area contributed by atoms with Crippen LogP contribution < -0.4 is 4.74 Å². The summed E-state index contributed by atoms with van der Waals surface area (Å²) in [6.07, 6.45) is 1.08. The number of methoxy groups -OCH3 is 1. The molecule has 1 heterocycles. The summed E-state index contributed by atoms with van der Waals surface area (Å²) >= 11 is 1.92. The molecule has 0 N–H and O–H groups in total. The van der Waals surface area contributed by atoms with Gasteiger partial charge in [-0.1, -0.05) is 0 Å². The van der Waals surface area contributed by atoms with Crippen LogP contribution in [-0.2, 0) is 4.74 Å². The standard InChI is InChI=1S/C15H21NO3S/c1-18-9-10-19-14-5-3-13(4-6-14)15(17)16-7-2-11-20-12-8-16/h3-6H,2,7-12H2,1H3. The summed E-state index contributed by atoms with van der Waals surface area (Å²) < 4.78 is 10.4. The molecule has 0 aromatic heterocycles. The number of ether oxygens (including phenoxy) is 2. The maximum atomic E-state index is 12.4. The van der Waals surface area contributed by atoms with Crippen molar-refractivity contribution in [2.45, 2.75) is 6.42 Å². The van der Waals surface area contributed by atoms with Gasteiger partial charge in [-0.05, 0) is 36.4 Å². The van der Waals surface area contributed by atoms with Crippen molar-refractivity contribution in [2.75, 3.05) is 44.9 Å². The Bertz CT molecular complexity index is 414. The Labute approximate surface area is 124 Å². The molecule has 4 nitrogen and oxygen atoms in total. The number of benzene rings is 1. The number of rotatable bonds is 5. The minimum absolute atomic E-state index is 0.121. The Morgan fingerprint density at radius 3 is 2.75 bits per heavy atom. The average molecular weight is 295 g/mol. The Hall–Kier alpha value is -1.20. The summed E-state index contributed by atoms with van der Waals surface area (Å²) in [5.74, 6) is 3.07. The molecule has 1 saturated heterocycles. The minimum Gasteiger partial charge on any atom is -0.491 e. The van der Waals surface area contributed by atoms with Crippen molar-refractivity contribution in [1.82, 2.24) is 4.90 Å². The van der Waals surface area contributed by atoms with Crippen molar-refractivity contribution in [3.63, 3.8) is 0 Å². The van der Waals surface area contributed by atoms with Crippen LogP contribution in [-0.4, -0.2) is 55.7 Å².